The number of amides is 1. The van der Waals surface area contributed by atoms with Gasteiger partial charge in [-0.2, -0.15) is 39.5 Å². The molecule has 0 aliphatic carbocycles. The Labute approximate surface area is 267 Å². The van der Waals surface area contributed by atoms with Gasteiger partial charge in [0, 0.05) is 18.1 Å². The normalized spacial score (nSPS) is 17.0. The SMILES string of the molecule is COc1cc(F)c(OCCCC(C)=O)cc1-c1ccc(C(F)(F)F)cc1CN1C(=O)O[C@H](c2cc(C(F)(F)F)cc(C(F)(F)F)c2)[C@@H]1C. The third-order valence-corrected chi connectivity index (χ3v) is 7.58. The molecule has 3 aromatic rings. The van der Waals surface area contributed by atoms with Gasteiger partial charge in [0.05, 0.1) is 43.0 Å². The van der Waals surface area contributed by atoms with Gasteiger partial charge in [-0.05, 0) is 73.4 Å². The number of Topliss-reactive ketones (excluding diaryl/α,β-unsaturated/α-hetero) is 1. The van der Waals surface area contributed by atoms with E-state index in [-0.39, 0.29) is 59.5 Å². The van der Waals surface area contributed by atoms with E-state index in [4.69, 9.17) is 14.2 Å². The average Bonchev–Trinajstić information content (AvgIpc) is 3.26. The van der Waals surface area contributed by atoms with Crippen molar-refractivity contribution in [2.45, 2.75) is 63.9 Å². The second kappa shape index (κ2) is 13.5. The second-order valence-corrected chi connectivity index (χ2v) is 11.0. The number of cyclic esters (lactones) is 1. The largest absolute Gasteiger partial charge is 0.496 e. The van der Waals surface area contributed by atoms with Crippen LogP contribution in [-0.4, -0.2) is 36.5 Å². The summed E-state index contributed by atoms with van der Waals surface area (Å²) in [6.45, 7) is 1.88. The van der Waals surface area contributed by atoms with Crippen LogP contribution in [0.4, 0.5) is 48.7 Å². The zero-order valence-corrected chi connectivity index (χ0v) is 25.4. The van der Waals surface area contributed by atoms with Crippen molar-refractivity contribution in [1.29, 1.82) is 0 Å². The minimum absolute atomic E-state index is 0.00955. The van der Waals surface area contributed by atoms with Crippen molar-refractivity contribution in [1.82, 2.24) is 4.90 Å². The summed E-state index contributed by atoms with van der Waals surface area (Å²) in [5.74, 6) is -1.47. The number of hydrogen-bond donors (Lipinski definition) is 0. The Morgan fingerprint density at radius 3 is 1.98 bits per heavy atom. The zero-order valence-electron chi connectivity index (χ0n) is 25.4. The molecule has 6 nitrogen and oxygen atoms in total. The number of rotatable bonds is 10. The average molecular weight is 696 g/mol. The van der Waals surface area contributed by atoms with Crippen LogP contribution >= 0.6 is 0 Å². The summed E-state index contributed by atoms with van der Waals surface area (Å²) in [6.07, 6.45) is -17.7. The van der Waals surface area contributed by atoms with E-state index in [0.717, 1.165) is 29.2 Å². The van der Waals surface area contributed by atoms with E-state index in [1.54, 1.807) is 0 Å². The Morgan fingerprint density at radius 2 is 1.44 bits per heavy atom. The van der Waals surface area contributed by atoms with Crippen LogP contribution in [0.1, 0.15) is 60.6 Å². The summed E-state index contributed by atoms with van der Waals surface area (Å²) in [7, 11) is 1.17. The molecule has 48 heavy (non-hydrogen) atoms. The van der Waals surface area contributed by atoms with Gasteiger partial charge in [0.15, 0.2) is 11.6 Å². The van der Waals surface area contributed by atoms with E-state index >= 15 is 0 Å². The summed E-state index contributed by atoms with van der Waals surface area (Å²) >= 11 is 0. The van der Waals surface area contributed by atoms with Crippen LogP contribution < -0.4 is 9.47 Å². The fraction of sp³-hybridized carbons (Fsp3) is 0.375. The van der Waals surface area contributed by atoms with Crippen LogP contribution in [0, 0.1) is 5.82 Å². The van der Waals surface area contributed by atoms with Crippen molar-refractivity contribution in [2.75, 3.05) is 13.7 Å². The maximum atomic E-state index is 14.8. The van der Waals surface area contributed by atoms with Gasteiger partial charge in [0.2, 0.25) is 0 Å². The van der Waals surface area contributed by atoms with Crippen LogP contribution in [-0.2, 0) is 34.6 Å². The molecule has 3 aromatic carbocycles. The highest BCUT2D eigenvalue weighted by Crippen LogP contribution is 2.44. The van der Waals surface area contributed by atoms with Gasteiger partial charge in [-0.15, -0.1) is 0 Å². The Kier molecular flexibility index (Phi) is 10.3. The molecule has 2 atom stereocenters. The molecule has 1 fully saturated rings. The molecule has 1 amide bonds. The number of methoxy groups -OCH3 is 1. The van der Waals surface area contributed by atoms with Gasteiger partial charge in [-0.1, -0.05) is 6.07 Å². The van der Waals surface area contributed by atoms with Crippen LogP contribution in [0.15, 0.2) is 48.5 Å². The second-order valence-electron chi connectivity index (χ2n) is 11.0. The minimum Gasteiger partial charge on any atom is -0.496 e. The number of nitrogens with zero attached hydrogens (tertiary/aromatic N) is 1. The number of ketones is 1. The van der Waals surface area contributed by atoms with Crippen molar-refractivity contribution >= 4 is 11.9 Å². The lowest BCUT2D eigenvalue weighted by Crippen LogP contribution is -2.32. The van der Waals surface area contributed by atoms with Gasteiger partial charge in [0.25, 0.3) is 0 Å². The summed E-state index contributed by atoms with van der Waals surface area (Å²) in [5, 5.41) is 0. The molecule has 1 aliphatic heterocycles. The quantitative estimate of drug-likeness (QED) is 0.156. The third kappa shape index (κ3) is 8.13. The standard InChI is InChI=1S/C32H27F10NO5/c1-16(44)5-4-8-47-27-13-24(26(46-3)14-25(27)33)23-7-6-20(30(34,35)36)11-19(23)15-43-17(2)28(48-29(43)45)18-9-21(31(37,38)39)12-22(10-18)32(40,41)42/h6-7,9-14,17,28H,4-5,8,15H2,1-3H3/t17-,28-/m0/s1. The highest BCUT2D eigenvalue weighted by atomic mass is 19.4. The van der Waals surface area contributed by atoms with E-state index in [9.17, 15) is 53.5 Å². The predicted molar refractivity (Wildman–Crippen MR) is 149 cm³/mol. The zero-order chi connectivity index (χ0) is 35.8. The first-order chi connectivity index (χ1) is 22.2. The van der Waals surface area contributed by atoms with Crippen molar-refractivity contribution in [2.24, 2.45) is 0 Å². The molecule has 0 radical (unpaired) electrons. The van der Waals surface area contributed by atoms with Crippen LogP contribution in [0.2, 0.25) is 0 Å². The van der Waals surface area contributed by atoms with Gasteiger partial charge < -0.3 is 19.0 Å². The molecule has 0 aromatic heterocycles. The molecule has 1 saturated heterocycles. The van der Waals surface area contributed by atoms with E-state index in [1.165, 1.54) is 21.0 Å². The lowest BCUT2D eigenvalue weighted by molar-refractivity contribution is -0.143. The molecular formula is C32H27F10NO5. The number of carbonyl (C=O) groups is 2. The first-order valence-electron chi connectivity index (χ1n) is 14.2. The van der Waals surface area contributed by atoms with Gasteiger partial charge in [-0.25, -0.2) is 9.18 Å². The van der Waals surface area contributed by atoms with Crippen LogP contribution in [0.3, 0.4) is 0 Å². The number of alkyl halides is 9. The third-order valence-electron chi connectivity index (χ3n) is 7.58. The monoisotopic (exact) mass is 695 g/mol. The molecule has 0 unspecified atom stereocenters. The fourth-order valence-electron chi connectivity index (χ4n) is 5.18. The van der Waals surface area contributed by atoms with E-state index in [1.807, 2.05) is 0 Å². The van der Waals surface area contributed by atoms with Gasteiger partial charge in [-0.3, -0.25) is 4.90 Å². The Hall–Kier alpha value is -4.50. The first-order valence-corrected chi connectivity index (χ1v) is 14.2. The van der Waals surface area contributed by atoms with E-state index in [0.29, 0.717) is 18.2 Å². The number of halogens is 10. The minimum atomic E-state index is -5.18. The maximum Gasteiger partial charge on any atom is 0.416 e. The molecule has 4 rings (SSSR count). The summed E-state index contributed by atoms with van der Waals surface area (Å²) in [5.41, 5.74) is -5.21. The number of hydrogen-bond acceptors (Lipinski definition) is 5. The molecule has 1 aliphatic rings. The summed E-state index contributed by atoms with van der Waals surface area (Å²) in [4.78, 5) is 25.1. The number of benzene rings is 3. The van der Waals surface area contributed by atoms with Crippen molar-refractivity contribution < 1.29 is 67.7 Å². The molecule has 0 saturated carbocycles. The Bertz CT molecular complexity index is 1650. The smallest absolute Gasteiger partial charge is 0.416 e. The lowest BCUT2D eigenvalue weighted by Gasteiger charge is -2.24. The number of ether oxygens (including phenoxy) is 3. The van der Waals surface area contributed by atoms with Gasteiger partial charge >= 0.3 is 24.6 Å². The Morgan fingerprint density at radius 1 is 0.833 bits per heavy atom. The molecular weight excluding hydrogens is 668 g/mol. The molecule has 16 heteroatoms. The Balaban J connectivity index is 1.76. The molecule has 0 spiro atoms. The summed E-state index contributed by atoms with van der Waals surface area (Å²) in [6, 6.07) is 4.01. The molecule has 260 valence electrons. The molecule has 0 N–H and O–H groups in total. The van der Waals surface area contributed by atoms with Crippen molar-refractivity contribution in [3.05, 3.63) is 82.2 Å². The predicted octanol–water partition coefficient (Wildman–Crippen LogP) is 9.39. The van der Waals surface area contributed by atoms with Crippen molar-refractivity contribution in [3.63, 3.8) is 0 Å². The first kappa shape index (κ1) is 36.3. The number of carbonyl (C=O) groups excluding carboxylic acids is 2. The van der Waals surface area contributed by atoms with E-state index in [2.05, 4.69) is 0 Å². The fourth-order valence-corrected chi connectivity index (χ4v) is 5.18. The van der Waals surface area contributed by atoms with Crippen molar-refractivity contribution in [3.8, 4) is 22.6 Å². The van der Waals surface area contributed by atoms with Crippen LogP contribution in [0.5, 0.6) is 11.5 Å². The highest BCUT2D eigenvalue weighted by Gasteiger charge is 2.44. The molecule has 0 bridgehead atoms. The molecule has 1 heterocycles. The summed E-state index contributed by atoms with van der Waals surface area (Å²) < 4.78 is 153. The van der Waals surface area contributed by atoms with Gasteiger partial charge in [0.1, 0.15) is 17.6 Å². The highest BCUT2D eigenvalue weighted by molar-refractivity contribution is 5.77. The van der Waals surface area contributed by atoms with E-state index < -0.39 is 71.4 Å². The lowest BCUT2D eigenvalue weighted by atomic mass is 9.94. The topological polar surface area (TPSA) is 65.1 Å². The maximum absolute atomic E-state index is 14.8. The van der Waals surface area contributed by atoms with Crippen LogP contribution in [0.25, 0.3) is 11.1 Å².